The van der Waals surface area contributed by atoms with Gasteiger partial charge in [0.15, 0.2) is 5.78 Å². The van der Waals surface area contributed by atoms with Crippen LogP contribution in [0.2, 0.25) is 0 Å². The molecule has 42 heavy (non-hydrogen) atoms. The Bertz CT molecular complexity index is 1350. The number of carbonyl (C=O) groups excluding carboxylic acids is 5. The molecule has 2 aromatic rings. The van der Waals surface area contributed by atoms with Crippen molar-refractivity contribution >= 4 is 47.8 Å². The van der Waals surface area contributed by atoms with Crippen LogP contribution in [0.3, 0.4) is 0 Å². The third kappa shape index (κ3) is 9.32. The highest BCUT2D eigenvalue weighted by Gasteiger charge is 2.34. The van der Waals surface area contributed by atoms with Crippen molar-refractivity contribution in [3.8, 4) is 0 Å². The molecule has 0 bridgehead atoms. The molecule has 3 rings (SSSR count). The maximum absolute atomic E-state index is 13.9. The van der Waals surface area contributed by atoms with E-state index in [1.807, 2.05) is 0 Å². The zero-order chi connectivity index (χ0) is 30.9. The van der Waals surface area contributed by atoms with E-state index in [0.717, 1.165) is 6.07 Å². The zero-order valence-electron chi connectivity index (χ0n) is 23.7. The lowest BCUT2D eigenvalue weighted by atomic mass is 9.95. The number of para-hydroxylation sites is 1. The lowest BCUT2D eigenvalue weighted by Gasteiger charge is -2.25. The molecule has 226 valence electrons. The summed E-state index contributed by atoms with van der Waals surface area (Å²) < 4.78 is 32.5. The van der Waals surface area contributed by atoms with Crippen LogP contribution < -0.4 is 26.6 Å². The molecular formula is C29H36FN4O7P. The van der Waals surface area contributed by atoms with Gasteiger partial charge in [0.25, 0.3) is 0 Å². The van der Waals surface area contributed by atoms with E-state index in [9.17, 15) is 32.9 Å². The fourth-order valence-electron chi connectivity index (χ4n) is 4.43. The Balaban J connectivity index is 1.72. The van der Waals surface area contributed by atoms with Gasteiger partial charge in [-0.2, -0.15) is 0 Å². The van der Waals surface area contributed by atoms with E-state index >= 15 is 0 Å². The van der Waals surface area contributed by atoms with Gasteiger partial charge in [-0.1, -0.05) is 44.2 Å². The number of Topliss-reactive ketones (excluding diaryl/α,β-unsaturated/α-hetero) is 1. The topological polar surface area (TPSA) is 160 Å². The van der Waals surface area contributed by atoms with Gasteiger partial charge in [0.1, 0.15) is 18.5 Å². The molecule has 1 fully saturated rings. The van der Waals surface area contributed by atoms with Gasteiger partial charge in [-0.25, -0.2) is 4.39 Å². The van der Waals surface area contributed by atoms with Crippen LogP contribution in [0.15, 0.2) is 54.6 Å². The summed E-state index contributed by atoms with van der Waals surface area (Å²) >= 11 is 0. The van der Waals surface area contributed by atoms with Crippen molar-refractivity contribution < 1.29 is 37.5 Å². The third-order valence-corrected chi connectivity index (χ3v) is 8.58. The molecule has 0 radical (unpaired) electrons. The quantitative estimate of drug-likeness (QED) is 0.202. The number of amides is 4. The molecule has 1 heterocycles. The van der Waals surface area contributed by atoms with E-state index in [0.29, 0.717) is 18.3 Å². The summed E-state index contributed by atoms with van der Waals surface area (Å²) in [5, 5.41) is 10.2. The molecule has 0 aromatic heterocycles. The summed E-state index contributed by atoms with van der Waals surface area (Å²) in [5.74, 6) is -5.36. The average Bonchev–Trinajstić information content (AvgIpc) is 3.36. The second-order valence-electron chi connectivity index (χ2n) is 10.6. The minimum atomic E-state index is -3.36. The molecule has 2 aromatic carbocycles. The number of rotatable bonds is 13. The maximum Gasteiger partial charge on any atom is 0.313 e. The van der Waals surface area contributed by atoms with Crippen LogP contribution in [-0.2, 0) is 33.1 Å². The highest BCUT2D eigenvalue weighted by atomic mass is 31.2. The van der Waals surface area contributed by atoms with Gasteiger partial charge in [0, 0.05) is 24.4 Å². The lowest BCUT2D eigenvalue weighted by Crippen LogP contribution is -2.54. The Morgan fingerprint density at radius 3 is 2.29 bits per heavy atom. The van der Waals surface area contributed by atoms with Crippen molar-refractivity contribution in [3.05, 3.63) is 60.4 Å². The molecule has 0 spiro atoms. The number of halogens is 1. The highest BCUT2D eigenvalue weighted by molar-refractivity contribution is 7.66. The first-order valence-electron chi connectivity index (χ1n) is 13.6. The molecule has 4 atom stereocenters. The first-order chi connectivity index (χ1) is 19.9. The number of benzene rings is 2. The molecule has 13 heteroatoms. The van der Waals surface area contributed by atoms with Crippen LogP contribution in [0.5, 0.6) is 0 Å². The average molecular weight is 603 g/mol. The molecule has 1 aliphatic rings. The normalized spacial score (nSPS) is 17.5. The molecule has 0 saturated carbocycles. The first-order valence-corrected chi connectivity index (χ1v) is 15.7. The largest absolute Gasteiger partial charge is 0.356 e. The maximum atomic E-state index is 13.9. The molecular weight excluding hydrogens is 566 g/mol. The van der Waals surface area contributed by atoms with Crippen molar-refractivity contribution in [1.29, 1.82) is 0 Å². The summed E-state index contributed by atoms with van der Waals surface area (Å²) in [7, 11) is -3.36. The fourth-order valence-corrected chi connectivity index (χ4v) is 5.66. The number of anilines is 1. The standard InChI is InChI=1S/C29H36FN4O7P/c1-18(2)15-24(34-29(39)28(38)32-22-12-8-7-11-21(22)30)27(37)33-23(16-19-13-14-31-26(19)36)25(35)17-41-42(3,40)20-9-5-4-6-10-20/h4-12,18-19,23-24H,13-17H2,1-3H3,(H,31,36)(H,32,38)(H,33,37)(H,34,39)/t19-,23-,24-,42?/m0/s1. The predicted octanol–water partition coefficient (Wildman–Crippen LogP) is 2.13. The Hall–Kier alpha value is -3.89. The number of hydrogen-bond acceptors (Lipinski definition) is 7. The highest BCUT2D eigenvalue weighted by Crippen LogP contribution is 2.41. The monoisotopic (exact) mass is 602 g/mol. The lowest BCUT2D eigenvalue weighted by molar-refractivity contribution is -0.138. The van der Waals surface area contributed by atoms with E-state index in [1.165, 1.54) is 24.9 Å². The van der Waals surface area contributed by atoms with E-state index in [4.69, 9.17) is 4.52 Å². The summed E-state index contributed by atoms with van der Waals surface area (Å²) in [6, 6.07) is 11.3. The smallest absolute Gasteiger partial charge is 0.313 e. The first kappa shape index (κ1) is 32.6. The third-order valence-electron chi connectivity index (χ3n) is 6.72. The molecule has 0 aliphatic carbocycles. The number of ketones is 1. The zero-order valence-corrected chi connectivity index (χ0v) is 24.6. The van der Waals surface area contributed by atoms with Crippen LogP contribution in [0, 0.1) is 17.7 Å². The molecule has 1 saturated heterocycles. The minimum Gasteiger partial charge on any atom is -0.356 e. The Labute approximate surface area is 243 Å². The summed E-state index contributed by atoms with van der Waals surface area (Å²) in [6.07, 6.45) is 0.539. The fraction of sp³-hybridized carbons (Fsp3) is 0.414. The van der Waals surface area contributed by atoms with E-state index < -0.39 is 61.3 Å². The Kier molecular flexibility index (Phi) is 11.5. The van der Waals surface area contributed by atoms with Gasteiger partial charge >= 0.3 is 11.8 Å². The van der Waals surface area contributed by atoms with Gasteiger partial charge in [-0.3, -0.25) is 28.5 Å². The van der Waals surface area contributed by atoms with Crippen LogP contribution in [0.4, 0.5) is 10.1 Å². The Morgan fingerprint density at radius 2 is 1.67 bits per heavy atom. The molecule has 4 amide bonds. The van der Waals surface area contributed by atoms with Gasteiger partial charge in [-0.15, -0.1) is 0 Å². The summed E-state index contributed by atoms with van der Waals surface area (Å²) in [5.41, 5.74) is -0.202. The summed E-state index contributed by atoms with van der Waals surface area (Å²) in [4.78, 5) is 64.0. The van der Waals surface area contributed by atoms with Crippen molar-refractivity contribution in [2.45, 2.75) is 45.2 Å². The number of carbonyl (C=O) groups is 5. The molecule has 4 N–H and O–H groups in total. The molecule has 1 aliphatic heterocycles. The van der Waals surface area contributed by atoms with Gasteiger partial charge < -0.3 is 25.8 Å². The van der Waals surface area contributed by atoms with E-state index in [1.54, 1.807) is 44.2 Å². The summed E-state index contributed by atoms with van der Waals surface area (Å²) in [6.45, 7) is 4.82. The minimum absolute atomic E-state index is 0.0325. The van der Waals surface area contributed by atoms with Crippen molar-refractivity contribution in [1.82, 2.24) is 16.0 Å². The van der Waals surface area contributed by atoms with Crippen LogP contribution in [-0.4, -0.2) is 61.3 Å². The second kappa shape index (κ2) is 14.8. The van der Waals surface area contributed by atoms with Crippen LogP contribution in [0.1, 0.15) is 33.1 Å². The van der Waals surface area contributed by atoms with Gasteiger partial charge in [-0.05, 0) is 49.4 Å². The van der Waals surface area contributed by atoms with Crippen LogP contribution in [0.25, 0.3) is 0 Å². The number of nitrogens with one attached hydrogen (secondary N) is 4. The molecule has 11 nitrogen and oxygen atoms in total. The Morgan fingerprint density at radius 1 is 1.00 bits per heavy atom. The van der Waals surface area contributed by atoms with E-state index in [-0.39, 0.29) is 30.4 Å². The van der Waals surface area contributed by atoms with Crippen molar-refractivity contribution in [2.24, 2.45) is 11.8 Å². The van der Waals surface area contributed by atoms with Crippen molar-refractivity contribution in [3.63, 3.8) is 0 Å². The van der Waals surface area contributed by atoms with E-state index in [2.05, 4.69) is 21.3 Å². The number of hydrogen-bond donors (Lipinski definition) is 4. The second-order valence-corrected chi connectivity index (χ2v) is 13.1. The molecule has 1 unspecified atom stereocenters. The van der Waals surface area contributed by atoms with Crippen molar-refractivity contribution in [2.75, 3.05) is 25.1 Å². The van der Waals surface area contributed by atoms with Gasteiger partial charge in [0.2, 0.25) is 19.2 Å². The predicted molar refractivity (Wildman–Crippen MR) is 155 cm³/mol. The van der Waals surface area contributed by atoms with Gasteiger partial charge in [0.05, 0.1) is 11.7 Å². The SMILES string of the molecule is CC(C)C[C@H](NC(=O)C(=O)Nc1ccccc1F)C(=O)N[C@@H](C[C@@H]1CCNC1=O)C(=O)COP(C)(=O)c1ccccc1. The van der Waals surface area contributed by atoms with Crippen LogP contribution >= 0.6 is 7.37 Å².